The van der Waals surface area contributed by atoms with E-state index < -0.39 is 0 Å². The molecule has 1 aromatic carbocycles. The summed E-state index contributed by atoms with van der Waals surface area (Å²) < 4.78 is 0.973. The molecule has 5 nitrogen and oxygen atoms in total. The number of likely N-dealkylation sites (tertiary alicyclic amines) is 1. The van der Waals surface area contributed by atoms with Gasteiger partial charge in [-0.2, -0.15) is 0 Å². The largest absolute Gasteiger partial charge is 0.354 e. The van der Waals surface area contributed by atoms with E-state index in [4.69, 9.17) is 0 Å². The lowest BCUT2D eigenvalue weighted by molar-refractivity contribution is 0.0954. The number of fused-ring (bicyclic) bond motifs is 1. The summed E-state index contributed by atoms with van der Waals surface area (Å²) in [5, 5.41) is 6.34. The maximum atomic E-state index is 12.1. The molecule has 3 rings (SSSR count). The van der Waals surface area contributed by atoms with Crippen LogP contribution in [0.4, 0.5) is 0 Å². The summed E-state index contributed by atoms with van der Waals surface area (Å²) in [5.74, 6) is 2.59. The van der Waals surface area contributed by atoms with Crippen molar-refractivity contribution < 1.29 is 4.79 Å². The molecular weight excluding hydrogens is 380 g/mol. The van der Waals surface area contributed by atoms with E-state index in [0.29, 0.717) is 18.7 Å². The second kappa shape index (κ2) is 8.70. The molecule has 1 saturated heterocycles. The average Bonchev–Trinajstić information content (AvgIpc) is 3.06. The molecule has 1 amide bonds. The quantitative estimate of drug-likeness (QED) is 0.459. The van der Waals surface area contributed by atoms with Gasteiger partial charge in [-0.15, -0.1) is 0 Å². The minimum atomic E-state index is -0.0449. The molecule has 1 aromatic rings. The molecule has 2 atom stereocenters. The molecule has 2 aliphatic rings. The van der Waals surface area contributed by atoms with Gasteiger partial charge in [-0.05, 0) is 48.9 Å². The Balaban J connectivity index is 1.41. The highest BCUT2D eigenvalue weighted by Crippen LogP contribution is 2.35. The van der Waals surface area contributed by atoms with Gasteiger partial charge in [0.05, 0.1) is 0 Å². The number of benzene rings is 1. The number of nitrogens with zero attached hydrogens (tertiary/aromatic N) is 2. The molecule has 25 heavy (non-hydrogen) atoms. The van der Waals surface area contributed by atoms with Crippen LogP contribution in [-0.4, -0.2) is 50.0 Å². The van der Waals surface area contributed by atoms with Crippen LogP contribution < -0.4 is 10.6 Å². The van der Waals surface area contributed by atoms with Crippen molar-refractivity contribution in [3.05, 3.63) is 34.3 Å². The van der Waals surface area contributed by atoms with Crippen LogP contribution in [-0.2, 0) is 0 Å². The normalized spacial score (nSPS) is 23.3. The van der Waals surface area contributed by atoms with Crippen molar-refractivity contribution >= 4 is 27.8 Å². The van der Waals surface area contributed by atoms with Crippen molar-refractivity contribution in [2.75, 3.05) is 33.2 Å². The van der Waals surface area contributed by atoms with E-state index in [1.54, 1.807) is 0 Å². The van der Waals surface area contributed by atoms with E-state index in [0.717, 1.165) is 35.4 Å². The van der Waals surface area contributed by atoms with Crippen molar-refractivity contribution in [1.29, 1.82) is 0 Å². The summed E-state index contributed by atoms with van der Waals surface area (Å²) in [6.45, 7) is 3.50. The average molecular weight is 407 g/mol. The molecule has 1 heterocycles. The molecule has 0 bridgehead atoms. The van der Waals surface area contributed by atoms with E-state index >= 15 is 0 Å². The summed E-state index contributed by atoms with van der Waals surface area (Å²) in [6, 6.07) is 7.39. The Bertz CT molecular complexity index is 602. The van der Waals surface area contributed by atoms with Crippen LogP contribution >= 0.6 is 15.9 Å². The first kappa shape index (κ1) is 18.2. The van der Waals surface area contributed by atoms with Crippen molar-refractivity contribution in [2.24, 2.45) is 16.8 Å². The van der Waals surface area contributed by atoms with E-state index in [1.807, 2.05) is 31.3 Å². The third-order valence-electron chi connectivity index (χ3n) is 5.29. The minimum absolute atomic E-state index is 0.0449. The molecule has 0 spiro atoms. The highest BCUT2D eigenvalue weighted by Gasteiger charge is 2.35. The topological polar surface area (TPSA) is 56.7 Å². The Morgan fingerprint density at radius 2 is 1.72 bits per heavy atom. The number of hydrogen-bond donors (Lipinski definition) is 2. The summed E-state index contributed by atoms with van der Waals surface area (Å²) in [7, 11) is 1.84. The van der Waals surface area contributed by atoms with Crippen molar-refractivity contribution in [2.45, 2.75) is 25.7 Å². The number of carbonyl (C=O) groups is 1. The monoisotopic (exact) mass is 406 g/mol. The zero-order chi connectivity index (χ0) is 17.6. The van der Waals surface area contributed by atoms with Crippen LogP contribution in [0.2, 0.25) is 0 Å². The van der Waals surface area contributed by atoms with Gasteiger partial charge in [-0.1, -0.05) is 28.8 Å². The Morgan fingerprint density at radius 1 is 1.12 bits per heavy atom. The van der Waals surface area contributed by atoms with Crippen LogP contribution in [0.3, 0.4) is 0 Å². The zero-order valence-corrected chi connectivity index (χ0v) is 16.4. The number of hydrogen-bond acceptors (Lipinski definition) is 2. The van der Waals surface area contributed by atoms with Crippen LogP contribution in [0.25, 0.3) is 0 Å². The molecule has 6 heteroatoms. The van der Waals surface area contributed by atoms with Gasteiger partial charge in [0.15, 0.2) is 5.96 Å². The molecule has 0 radical (unpaired) electrons. The van der Waals surface area contributed by atoms with Crippen LogP contribution in [0, 0.1) is 11.8 Å². The Kier molecular flexibility index (Phi) is 6.34. The van der Waals surface area contributed by atoms with Gasteiger partial charge in [-0.25, -0.2) is 0 Å². The van der Waals surface area contributed by atoms with Crippen LogP contribution in [0.15, 0.2) is 33.7 Å². The fourth-order valence-electron chi connectivity index (χ4n) is 3.96. The molecule has 2 N–H and O–H groups in total. The second-order valence-corrected chi connectivity index (χ2v) is 7.86. The van der Waals surface area contributed by atoms with E-state index in [2.05, 4.69) is 36.5 Å². The number of carbonyl (C=O) groups excluding carboxylic acids is 1. The fraction of sp³-hybridized carbons (Fsp3) is 0.579. The lowest BCUT2D eigenvalue weighted by Crippen LogP contribution is -2.43. The Morgan fingerprint density at radius 3 is 2.32 bits per heavy atom. The minimum Gasteiger partial charge on any atom is -0.354 e. The van der Waals surface area contributed by atoms with Crippen molar-refractivity contribution in [1.82, 2.24) is 15.5 Å². The van der Waals surface area contributed by atoms with E-state index in [-0.39, 0.29) is 5.91 Å². The first-order valence-corrected chi connectivity index (χ1v) is 9.96. The first-order chi connectivity index (χ1) is 12.2. The number of nitrogens with one attached hydrogen (secondary N) is 2. The number of guanidine groups is 1. The van der Waals surface area contributed by atoms with Gasteiger partial charge in [0.2, 0.25) is 0 Å². The van der Waals surface area contributed by atoms with Gasteiger partial charge in [0.25, 0.3) is 5.91 Å². The molecule has 1 aliphatic heterocycles. The summed E-state index contributed by atoms with van der Waals surface area (Å²) in [6.07, 6.45) is 5.48. The fourth-order valence-corrected chi connectivity index (χ4v) is 4.23. The van der Waals surface area contributed by atoms with Gasteiger partial charge in [0.1, 0.15) is 0 Å². The zero-order valence-electron chi connectivity index (χ0n) is 14.8. The molecule has 136 valence electrons. The van der Waals surface area contributed by atoms with Gasteiger partial charge in [0, 0.05) is 43.3 Å². The molecule has 1 aliphatic carbocycles. The summed E-state index contributed by atoms with van der Waals surface area (Å²) in [5.41, 5.74) is 0.677. The Hall–Kier alpha value is -1.56. The third kappa shape index (κ3) is 4.75. The summed E-state index contributed by atoms with van der Waals surface area (Å²) in [4.78, 5) is 18.9. The number of rotatable bonds is 4. The van der Waals surface area contributed by atoms with E-state index in [9.17, 15) is 4.79 Å². The van der Waals surface area contributed by atoms with Crippen LogP contribution in [0.1, 0.15) is 36.0 Å². The molecule has 1 saturated carbocycles. The molecule has 2 fully saturated rings. The maximum Gasteiger partial charge on any atom is 0.251 e. The third-order valence-corrected chi connectivity index (χ3v) is 5.82. The lowest BCUT2D eigenvalue weighted by Gasteiger charge is -2.22. The van der Waals surface area contributed by atoms with Gasteiger partial charge >= 0.3 is 0 Å². The lowest BCUT2D eigenvalue weighted by atomic mass is 9.82. The molecular formula is C19H27BrN4O. The second-order valence-electron chi connectivity index (χ2n) is 6.95. The SMILES string of the molecule is CN=C(NCCNC(=O)c1ccc(Br)cc1)N1CC2CCCCC2C1. The maximum absolute atomic E-state index is 12.1. The predicted octanol–water partition coefficient (Wildman–Crippen LogP) is 2.88. The van der Waals surface area contributed by atoms with Crippen molar-refractivity contribution in [3.63, 3.8) is 0 Å². The number of halogens is 1. The molecule has 0 aromatic heterocycles. The van der Waals surface area contributed by atoms with Crippen molar-refractivity contribution in [3.8, 4) is 0 Å². The van der Waals surface area contributed by atoms with E-state index in [1.165, 1.54) is 25.7 Å². The highest BCUT2D eigenvalue weighted by molar-refractivity contribution is 9.10. The van der Waals surface area contributed by atoms with Gasteiger partial charge in [-0.3, -0.25) is 9.79 Å². The first-order valence-electron chi connectivity index (χ1n) is 9.16. The standard InChI is InChI=1S/C19H27BrN4O/c1-21-19(24-12-15-4-2-3-5-16(15)13-24)23-11-10-22-18(25)14-6-8-17(20)9-7-14/h6-9,15-16H,2-5,10-13H2,1H3,(H,21,23)(H,22,25). The smallest absolute Gasteiger partial charge is 0.251 e. The number of aliphatic imine (C=N–C) groups is 1. The van der Waals surface area contributed by atoms with Crippen LogP contribution in [0.5, 0.6) is 0 Å². The molecule has 2 unspecified atom stereocenters. The Labute approximate surface area is 158 Å². The highest BCUT2D eigenvalue weighted by atomic mass is 79.9. The number of amides is 1. The predicted molar refractivity (Wildman–Crippen MR) is 105 cm³/mol. The van der Waals surface area contributed by atoms with Gasteiger partial charge < -0.3 is 15.5 Å². The summed E-state index contributed by atoms with van der Waals surface area (Å²) >= 11 is 3.38.